The van der Waals surface area contributed by atoms with Crippen molar-refractivity contribution in [3.8, 4) is 0 Å². The molecule has 0 saturated heterocycles. The molecule has 1 aromatic carbocycles. The molecule has 0 fully saturated rings. The number of carbonyl (C=O) groups is 1. The lowest BCUT2D eigenvalue weighted by molar-refractivity contribution is -0.116. The summed E-state index contributed by atoms with van der Waals surface area (Å²) in [6, 6.07) is 5.52. The fraction of sp³-hybridized carbons (Fsp3) is 0.0909. The van der Waals surface area contributed by atoms with Gasteiger partial charge in [0.25, 0.3) is 5.91 Å². The number of halogens is 1. The van der Waals surface area contributed by atoms with Gasteiger partial charge in [0.15, 0.2) is 0 Å². The summed E-state index contributed by atoms with van der Waals surface area (Å²) in [4.78, 5) is 11.4. The average Bonchev–Trinajstić information content (AvgIpc) is 2.27. The first-order chi connectivity index (χ1) is 7.66. The Labute approximate surface area is 98.0 Å². The van der Waals surface area contributed by atoms with Crippen LogP contribution in [0.2, 0.25) is 5.02 Å². The summed E-state index contributed by atoms with van der Waals surface area (Å²) in [7, 11) is 0. The van der Waals surface area contributed by atoms with E-state index in [2.05, 4.69) is 15.8 Å². The smallest absolute Gasteiger partial charge is 0.274 e. The molecule has 1 amide bonds. The number of aryl methyl sites for hydroxylation is 1. The second-order valence-corrected chi connectivity index (χ2v) is 3.84. The normalized spacial score (nSPS) is 17.1. The fourth-order valence-corrected chi connectivity index (χ4v) is 1.52. The van der Waals surface area contributed by atoms with Crippen molar-refractivity contribution in [1.82, 2.24) is 10.7 Å². The molecule has 4 nitrogen and oxygen atoms in total. The van der Waals surface area contributed by atoms with Gasteiger partial charge in [-0.05, 0) is 36.3 Å². The molecule has 2 N–H and O–H groups in total. The molecule has 2 rings (SSSR count). The Morgan fingerprint density at radius 1 is 1.44 bits per heavy atom. The van der Waals surface area contributed by atoms with Gasteiger partial charge in [0.1, 0.15) is 12.0 Å². The Morgan fingerprint density at radius 2 is 2.25 bits per heavy atom. The molecule has 0 aliphatic carbocycles. The van der Waals surface area contributed by atoms with Crippen molar-refractivity contribution in [2.75, 3.05) is 0 Å². The quantitative estimate of drug-likeness (QED) is 0.728. The number of hydrogen-bond acceptors (Lipinski definition) is 3. The van der Waals surface area contributed by atoms with Crippen LogP contribution >= 0.6 is 11.6 Å². The molecule has 0 radical (unpaired) electrons. The van der Waals surface area contributed by atoms with Gasteiger partial charge in [0.2, 0.25) is 0 Å². The minimum absolute atomic E-state index is 0.214. The van der Waals surface area contributed by atoms with Crippen molar-refractivity contribution >= 4 is 29.9 Å². The predicted molar refractivity (Wildman–Crippen MR) is 63.9 cm³/mol. The summed E-state index contributed by atoms with van der Waals surface area (Å²) in [6.45, 7) is 1.95. The Morgan fingerprint density at radius 3 is 3.00 bits per heavy atom. The third-order valence-corrected chi connectivity index (χ3v) is 2.47. The van der Waals surface area contributed by atoms with Gasteiger partial charge < -0.3 is 5.32 Å². The van der Waals surface area contributed by atoms with Crippen molar-refractivity contribution in [3.63, 3.8) is 0 Å². The van der Waals surface area contributed by atoms with E-state index in [0.717, 1.165) is 11.1 Å². The highest BCUT2D eigenvalue weighted by molar-refractivity contribution is 6.30. The zero-order valence-electron chi connectivity index (χ0n) is 8.62. The van der Waals surface area contributed by atoms with E-state index in [1.54, 1.807) is 12.1 Å². The van der Waals surface area contributed by atoms with Crippen LogP contribution in [0.25, 0.3) is 6.08 Å². The molecule has 1 heterocycles. The van der Waals surface area contributed by atoms with Gasteiger partial charge in [-0.3, -0.25) is 10.2 Å². The average molecular weight is 236 g/mol. The number of rotatable bonds is 1. The minimum Gasteiger partial charge on any atom is -0.310 e. The van der Waals surface area contributed by atoms with Crippen molar-refractivity contribution in [2.45, 2.75) is 6.92 Å². The van der Waals surface area contributed by atoms with Gasteiger partial charge in [-0.15, -0.1) is 0 Å². The van der Waals surface area contributed by atoms with Crippen LogP contribution in [0.4, 0.5) is 0 Å². The van der Waals surface area contributed by atoms with Crippen LogP contribution in [0.1, 0.15) is 11.1 Å². The highest BCUT2D eigenvalue weighted by Gasteiger charge is 2.11. The number of nitrogens with zero attached hydrogens (tertiary/aromatic N) is 1. The number of hydrogen-bond donors (Lipinski definition) is 2. The maximum atomic E-state index is 11.4. The largest absolute Gasteiger partial charge is 0.310 e. The van der Waals surface area contributed by atoms with E-state index >= 15 is 0 Å². The Kier molecular flexibility index (Phi) is 2.92. The summed E-state index contributed by atoms with van der Waals surface area (Å²) in [5.74, 6) is -0.214. The predicted octanol–water partition coefficient (Wildman–Crippen LogP) is 1.65. The van der Waals surface area contributed by atoms with Gasteiger partial charge in [-0.2, -0.15) is 5.10 Å². The molecular formula is C11H10ClN3O. The van der Waals surface area contributed by atoms with Crippen molar-refractivity contribution in [2.24, 2.45) is 5.10 Å². The number of benzene rings is 1. The third kappa shape index (κ3) is 2.23. The lowest BCUT2D eigenvalue weighted by Gasteiger charge is -2.10. The van der Waals surface area contributed by atoms with Crippen LogP contribution in [0, 0.1) is 6.92 Å². The first-order valence-corrected chi connectivity index (χ1v) is 5.11. The molecule has 0 bridgehead atoms. The van der Waals surface area contributed by atoms with Gasteiger partial charge in [0.05, 0.1) is 0 Å². The topological polar surface area (TPSA) is 53.5 Å². The summed E-state index contributed by atoms with van der Waals surface area (Å²) in [6.07, 6.45) is 3.03. The van der Waals surface area contributed by atoms with Crippen LogP contribution in [0.15, 0.2) is 29.0 Å². The first-order valence-electron chi connectivity index (χ1n) is 4.73. The van der Waals surface area contributed by atoms with Gasteiger partial charge in [0, 0.05) is 5.02 Å². The molecule has 0 atom stereocenters. The zero-order valence-corrected chi connectivity index (χ0v) is 9.38. The monoisotopic (exact) mass is 235 g/mol. The summed E-state index contributed by atoms with van der Waals surface area (Å²) >= 11 is 5.89. The molecule has 0 aromatic heterocycles. The molecule has 0 saturated carbocycles. The van der Waals surface area contributed by atoms with Crippen LogP contribution in [-0.2, 0) is 4.79 Å². The van der Waals surface area contributed by atoms with E-state index in [-0.39, 0.29) is 5.91 Å². The van der Waals surface area contributed by atoms with Crippen molar-refractivity contribution < 1.29 is 4.79 Å². The maximum absolute atomic E-state index is 11.4. The lowest BCUT2D eigenvalue weighted by atomic mass is 10.1. The zero-order chi connectivity index (χ0) is 11.5. The number of nitrogens with one attached hydrogen (secondary N) is 2. The fourth-order valence-electron chi connectivity index (χ4n) is 1.34. The second kappa shape index (κ2) is 4.37. The van der Waals surface area contributed by atoms with Crippen molar-refractivity contribution in [1.29, 1.82) is 0 Å². The minimum atomic E-state index is -0.214. The molecular weight excluding hydrogens is 226 g/mol. The Hall–Kier alpha value is -1.81. The van der Waals surface area contributed by atoms with Gasteiger partial charge in [-0.25, -0.2) is 0 Å². The molecule has 1 aliphatic heterocycles. The van der Waals surface area contributed by atoms with E-state index < -0.39 is 0 Å². The SMILES string of the molecule is Cc1ccc(Cl)cc1/C=C1\NN=CNC1=O. The summed E-state index contributed by atoms with van der Waals surface area (Å²) < 4.78 is 0. The van der Waals surface area contributed by atoms with Crippen LogP contribution in [0.5, 0.6) is 0 Å². The highest BCUT2D eigenvalue weighted by Crippen LogP contribution is 2.18. The van der Waals surface area contributed by atoms with Crippen LogP contribution in [0.3, 0.4) is 0 Å². The number of carbonyl (C=O) groups excluding carboxylic acids is 1. The molecule has 0 unspecified atom stereocenters. The van der Waals surface area contributed by atoms with E-state index in [4.69, 9.17) is 11.6 Å². The number of amides is 1. The molecule has 5 heteroatoms. The van der Waals surface area contributed by atoms with Gasteiger partial charge in [-0.1, -0.05) is 17.7 Å². The Balaban J connectivity index is 2.38. The second-order valence-electron chi connectivity index (χ2n) is 3.40. The van der Waals surface area contributed by atoms with E-state index in [0.29, 0.717) is 10.7 Å². The van der Waals surface area contributed by atoms with E-state index in [9.17, 15) is 4.79 Å². The molecule has 16 heavy (non-hydrogen) atoms. The molecule has 0 spiro atoms. The summed E-state index contributed by atoms with van der Waals surface area (Å²) in [5, 5.41) is 6.88. The van der Waals surface area contributed by atoms with E-state index in [1.165, 1.54) is 6.34 Å². The summed E-state index contributed by atoms with van der Waals surface area (Å²) in [5.41, 5.74) is 4.97. The lowest BCUT2D eigenvalue weighted by Crippen LogP contribution is -2.34. The maximum Gasteiger partial charge on any atom is 0.274 e. The molecule has 1 aliphatic rings. The number of hydrazone groups is 1. The van der Waals surface area contributed by atoms with Crippen LogP contribution in [-0.4, -0.2) is 12.2 Å². The first kappa shape index (κ1) is 10.7. The molecule has 1 aromatic rings. The van der Waals surface area contributed by atoms with E-state index in [1.807, 2.05) is 19.1 Å². The van der Waals surface area contributed by atoms with Crippen molar-refractivity contribution in [3.05, 3.63) is 40.0 Å². The highest BCUT2D eigenvalue weighted by atomic mass is 35.5. The Bertz CT molecular complexity index is 494. The van der Waals surface area contributed by atoms with Gasteiger partial charge >= 0.3 is 0 Å². The molecule has 82 valence electrons. The van der Waals surface area contributed by atoms with Crippen LogP contribution < -0.4 is 10.7 Å². The standard InChI is InChI=1S/C11H10ClN3O/c1-7-2-3-9(12)4-8(7)5-10-11(16)13-6-14-15-10/h2-6,15H,1H3,(H,13,14,16)/b10-5-. The third-order valence-electron chi connectivity index (χ3n) is 2.23.